The second-order valence-corrected chi connectivity index (χ2v) is 4.02. The standard InChI is InChI=1S/C13H22N2/c1-4-11(3)15(5-2)10-12-8-6-7-9-13(12)14/h6-9,11H,4-5,10,14H2,1-3H3. The van der Waals surface area contributed by atoms with Crippen molar-refractivity contribution in [3.63, 3.8) is 0 Å². The van der Waals surface area contributed by atoms with E-state index in [0.717, 1.165) is 18.8 Å². The highest BCUT2D eigenvalue weighted by Crippen LogP contribution is 2.15. The molecule has 0 saturated heterocycles. The predicted molar refractivity (Wildman–Crippen MR) is 66.7 cm³/mol. The molecule has 0 amide bonds. The normalized spacial score (nSPS) is 13.1. The molecule has 0 fully saturated rings. The predicted octanol–water partition coefficient (Wildman–Crippen LogP) is 2.89. The van der Waals surface area contributed by atoms with Gasteiger partial charge in [0.1, 0.15) is 0 Å². The van der Waals surface area contributed by atoms with Crippen molar-refractivity contribution in [2.75, 3.05) is 12.3 Å². The summed E-state index contributed by atoms with van der Waals surface area (Å²) in [4.78, 5) is 2.45. The van der Waals surface area contributed by atoms with Gasteiger partial charge in [0.05, 0.1) is 0 Å². The van der Waals surface area contributed by atoms with Gasteiger partial charge in [0.2, 0.25) is 0 Å². The van der Waals surface area contributed by atoms with Crippen molar-refractivity contribution in [3.05, 3.63) is 29.8 Å². The van der Waals surface area contributed by atoms with Crippen molar-refractivity contribution in [2.24, 2.45) is 0 Å². The van der Waals surface area contributed by atoms with Crippen LogP contribution in [0.1, 0.15) is 32.8 Å². The average Bonchev–Trinajstić information content (AvgIpc) is 2.27. The number of hydrogen-bond donors (Lipinski definition) is 1. The first-order chi connectivity index (χ1) is 7.19. The molecule has 15 heavy (non-hydrogen) atoms. The first-order valence-corrected chi connectivity index (χ1v) is 5.76. The van der Waals surface area contributed by atoms with E-state index in [4.69, 9.17) is 5.73 Å². The zero-order valence-electron chi connectivity index (χ0n) is 10.0. The maximum atomic E-state index is 5.94. The van der Waals surface area contributed by atoms with Gasteiger partial charge in [0.15, 0.2) is 0 Å². The first-order valence-electron chi connectivity index (χ1n) is 5.76. The van der Waals surface area contributed by atoms with E-state index in [-0.39, 0.29) is 0 Å². The van der Waals surface area contributed by atoms with Gasteiger partial charge in [-0.15, -0.1) is 0 Å². The molecule has 1 aromatic carbocycles. The summed E-state index contributed by atoms with van der Waals surface area (Å²) in [5.41, 5.74) is 8.08. The first kappa shape index (κ1) is 12.1. The monoisotopic (exact) mass is 206 g/mol. The maximum absolute atomic E-state index is 5.94. The lowest BCUT2D eigenvalue weighted by molar-refractivity contribution is 0.206. The third kappa shape index (κ3) is 3.24. The molecule has 1 atom stereocenters. The second-order valence-electron chi connectivity index (χ2n) is 4.02. The molecule has 1 aromatic rings. The fourth-order valence-electron chi connectivity index (χ4n) is 1.73. The molecule has 0 aliphatic heterocycles. The fourth-order valence-corrected chi connectivity index (χ4v) is 1.73. The number of benzene rings is 1. The van der Waals surface area contributed by atoms with Gasteiger partial charge in [0.25, 0.3) is 0 Å². The molecule has 0 spiro atoms. The summed E-state index contributed by atoms with van der Waals surface area (Å²) in [6.45, 7) is 8.72. The summed E-state index contributed by atoms with van der Waals surface area (Å²) in [6.07, 6.45) is 1.18. The van der Waals surface area contributed by atoms with Gasteiger partial charge in [-0.2, -0.15) is 0 Å². The maximum Gasteiger partial charge on any atom is 0.0359 e. The number of rotatable bonds is 5. The minimum atomic E-state index is 0.620. The Morgan fingerprint density at radius 1 is 1.27 bits per heavy atom. The summed E-state index contributed by atoms with van der Waals surface area (Å²) in [5, 5.41) is 0. The Labute approximate surface area is 93.1 Å². The van der Waals surface area contributed by atoms with E-state index in [1.54, 1.807) is 0 Å². The fraction of sp³-hybridized carbons (Fsp3) is 0.538. The van der Waals surface area contributed by atoms with E-state index in [0.29, 0.717) is 6.04 Å². The average molecular weight is 206 g/mol. The van der Waals surface area contributed by atoms with Crippen molar-refractivity contribution >= 4 is 5.69 Å². The Kier molecular flexibility index (Phi) is 4.63. The minimum Gasteiger partial charge on any atom is -0.398 e. The number of nitrogens with zero attached hydrogens (tertiary/aromatic N) is 1. The van der Waals surface area contributed by atoms with Crippen LogP contribution in [0.2, 0.25) is 0 Å². The van der Waals surface area contributed by atoms with Gasteiger partial charge in [-0.3, -0.25) is 4.90 Å². The van der Waals surface area contributed by atoms with Crippen LogP contribution in [0.25, 0.3) is 0 Å². The van der Waals surface area contributed by atoms with Gasteiger partial charge in [0, 0.05) is 18.3 Å². The molecule has 1 unspecified atom stereocenters. The van der Waals surface area contributed by atoms with E-state index in [2.05, 4.69) is 37.8 Å². The Morgan fingerprint density at radius 3 is 2.47 bits per heavy atom. The second kappa shape index (κ2) is 5.76. The third-order valence-electron chi connectivity index (χ3n) is 3.05. The Balaban J connectivity index is 2.71. The summed E-state index contributed by atoms with van der Waals surface area (Å²) >= 11 is 0. The SMILES string of the molecule is CCC(C)N(CC)Cc1ccccc1N. The van der Waals surface area contributed by atoms with Gasteiger partial charge in [-0.25, -0.2) is 0 Å². The van der Waals surface area contributed by atoms with Crippen LogP contribution in [-0.4, -0.2) is 17.5 Å². The van der Waals surface area contributed by atoms with Crippen LogP contribution >= 0.6 is 0 Å². The molecule has 0 heterocycles. The van der Waals surface area contributed by atoms with Crippen LogP contribution in [-0.2, 0) is 6.54 Å². The van der Waals surface area contributed by atoms with Crippen LogP contribution in [0.5, 0.6) is 0 Å². The molecular weight excluding hydrogens is 184 g/mol. The molecule has 2 nitrogen and oxygen atoms in total. The van der Waals surface area contributed by atoms with Crippen LogP contribution in [0.3, 0.4) is 0 Å². The van der Waals surface area contributed by atoms with Crippen molar-refractivity contribution in [1.82, 2.24) is 4.90 Å². The minimum absolute atomic E-state index is 0.620. The van der Waals surface area contributed by atoms with Gasteiger partial charge < -0.3 is 5.73 Å². The lowest BCUT2D eigenvalue weighted by atomic mass is 10.1. The topological polar surface area (TPSA) is 29.3 Å². The Morgan fingerprint density at radius 2 is 1.93 bits per heavy atom. The molecule has 84 valence electrons. The van der Waals surface area contributed by atoms with E-state index >= 15 is 0 Å². The van der Waals surface area contributed by atoms with Crippen LogP contribution in [0, 0.1) is 0 Å². The van der Waals surface area contributed by atoms with E-state index in [9.17, 15) is 0 Å². The van der Waals surface area contributed by atoms with Crippen LogP contribution < -0.4 is 5.73 Å². The molecule has 0 aliphatic carbocycles. The highest BCUT2D eigenvalue weighted by Gasteiger charge is 2.11. The van der Waals surface area contributed by atoms with Crippen molar-refractivity contribution in [3.8, 4) is 0 Å². The van der Waals surface area contributed by atoms with Crippen molar-refractivity contribution in [1.29, 1.82) is 0 Å². The summed E-state index contributed by atoms with van der Waals surface area (Å²) in [7, 11) is 0. The smallest absolute Gasteiger partial charge is 0.0359 e. The van der Waals surface area contributed by atoms with Gasteiger partial charge >= 0.3 is 0 Å². The summed E-state index contributed by atoms with van der Waals surface area (Å²) < 4.78 is 0. The third-order valence-corrected chi connectivity index (χ3v) is 3.05. The zero-order valence-corrected chi connectivity index (χ0v) is 10.0. The van der Waals surface area contributed by atoms with E-state index < -0.39 is 0 Å². The molecule has 0 aromatic heterocycles. The number of anilines is 1. The molecule has 0 aliphatic rings. The molecular formula is C13H22N2. The molecule has 0 radical (unpaired) electrons. The molecule has 0 bridgehead atoms. The highest BCUT2D eigenvalue weighted by atomic mass is 15.1. The molecule has 2 N–H and O–H groups in total. The van der Waals surface area contributed by atoms with Gasteiger partial charge in [-0.05, 0) is 31.5 Å². The van der Waals surface area contributed by atoms with E-state index in [1.165, 1.54) is 12.0 Å². The largest absolute Gasteiger partial charge is 0.398 e. The zero-order chi connectivity index (χ0) is 11.3. The van der Waals surface area contributed by atoms with Crippen molar-refractivity contribution in [2.45, 2.75) is 39.8 Å². The number of hydrogen-bond acceptors (Lipinski definition) is 2. The molecule has 2 heteroatoms. The number of nitrogens with two attached hydrogens (primary N) is 1. The molecule has 0 saturated carbocycles. The lowest BCUT2D eigenvalue weighted by Gasteiger charge is -2.27. The van der Waals surface area contributed by atoms with E-state index in [1.807, 2.05) is 12.1 Å². The Hall–Kier alpha value is -1.02. The Bertz CT molecular complexity index is 296. The summed E-state index contributed by atoms with van der Waals surface area (Å²) in [5.74, 6) is 0. The number of para-hydroxylation sites is 1. The highest BCUT2D eigenvalue weighted by molar-refractivity contribution is 5.46. The lowest BCUT2D eigenvalue weighted by Crippen LogP contribution is -2.32. The number of nitrogen functional groups attached to an aromatic ring is 1. The quantitative estimate of drug-likeness (QED) is 0.751. The summed E-state index contributed by atoms with van der Waals surface area (Å²) in [6, 6.07) is 8.74. The van der Waals surface area contributed by atoms with Crippen LogP contribution in [0.15, 0.2) is 24.3 Å². The van der Waals surface area contributed by atoms with Crippen molar-refractivity contribution < 1.29 is 0 Å². The van der Waals surface area contributed by atoms with Crippen LogP contribution in [0.4, 0.5) is 5.69 Å². The molecule has 1 rings (SSSR count). The van der Waals surface area contributed by atoms with Gasteiger partial charge in [-0.1, -0.05) is 32.0 Å².